The average molecular weight is 141 g/mol. The van der Waals surface area contributed by atoms with Gasteiger partial charge in [-0.2, -0.15) is 5.10 Å². The summed E-state index contributed by atoms with van der Waals surface area (Å²) in [6, 6.07) is 0. The van der Waals surface area contributed by atoms with E-state index >= 15 is 0 Å². The van der Waals surface area contributed by atoms with Gasteiger partial charge in [0.2, 0.25) is 0 Å². The normalized spacial score (nSPS) is 13.4. The highest BCUT2D eigenvalue weighted by Gasteiger charge is 1.98. The number of hydrazone groups is 1. The summed E-state index contributed by atoms with van der Waals surface area (Å²) in [6.07, 6.45) is 2.59. The molecule has 0 aliphatic carbocycles. The van der Waals surface area contributed by atoms with Crippen LogP contribution >= 0.6 is 0 Å². The minimum absolute atomic E-state index is 0.584. The van der Waals surface area contributed by atoms with Crippen LogP contribution in [0.4, 0.5) is 0 Å². The predicted molar refractivity (Wildman–Crippen MR) is 45.5 cm³/mol. The number of rotatable bonds is 3. The highest BCUT2D eigenvalue weighted by atomic mass is 15.1. The van der Waals surface area contributed by atoms with Gasteiger partial charge in [-0.05, 0) is 12.3 Å². The third kappa shape index (κ3) is 4.06. The van der Waals surface area contributed by atoms with Crippen LogP contribution in [-0.2, 0) is 0 Å². The van der Waals surface area contributed by atoms with Crippen molar-refractivity contribution in [3.63, 3.8) is 0 Å². The molecule has 0 fully saturated rings. The van der Waals surface area contributed by atoms with Gasteiger partial charge in [0.25, 0.3) is 0 Å². The van der Waals surface area contributed by atoms with Crippen molar-refractivity contribution < 1.29 is 0 Å². The topological polar surface area (TPSA) is 50.7 Å². The summed E-state index contributed by atoms with van der Waals surface area (Å²) in [5, 5.41) is 3.59. The molecule has 0 rings (SSSR count). The first-order valence-electron chi connectivity index (χ1n) is 3.39. The minimum atomic E-state index is 0.584. The largest absolute Gasteiger partial charge is 0.323 e. The Morgan fingerprint density at radius 3 is 2.50 bits per heavy atom. The summed E-state index contributed by atoms with van der Waals surface area (Å²) in [6.45, 7) is 4.24. The van der Waals surface area contributed by atoms with Gasteiger partial charge in [0, 0.05) is 13.3 Å². The molecule has 0 bridgehead atoms. The summed E-state index contributed by atoms with van der Waals surface area (Å²) in [4.78, 5) is 3.82. The molecule has 0 atom stereocenters. The van der Waals surface area contributed by atoms with E-state index in [1.54, 1.807) is 13.3 Å². The van der Waals surface area contributed by atoms with Gasteiger partial charge in [-0.3, -0.25) is 4.99 Å². The summed E-state index contributed by atoms with van der Waals surface area (Å²) >= 11 is 0. The molecule has 2 N–H and O–H groups in total. The van der Waals surface area contributed by atoms with E-state index in [1.807, 2.05) is 0 Å². The second-order valence-electron chi connectivity index (χ2n) is 2.61. The Kier molecular flexibility index (Phi) is 4.54. The van der Waals surface area contributed by atoms with Crippen LogP contribution in [-0.4, -0.2) is 19.0 Å². The second-order valence-corrected chi connectivity index (χ2v) is 2.61. The zero-order valence-corrected chi connectivity index (χ0v) is 6.83. The van der Waals surface area contributed by atoms with E-state index < -0.39 is 0 Å². The fourth-order valence-electron chi connectivity index (χ4n) is 0.706. The number of aliphatic imine (C=N–C) groups is 1. The van der Waals surface area contributed by atoms with E-state index in [4.69, 9.17) is 5.84 Å². The Bertz CT molecular complexity index is 136. The Hall–Kier alpha value is -0.860. The molecule has 3 heteroatoms. The van der Waals surface area contributed by atoms with Crippen molar-refractivity contribution in [2.45, 2.75) is 20.3 Å². The first kappa shape index (κ1) is 9.14. The van der Waals surface area contributed by atoms with Crippen LogP contribution in [0.15, 0.2) is 10.1 Å². The maximum Gasteiger partial charge on any atom is 0.0780 e. The molecule has 0 aliphatic heterocycles. The lowest BCUT2D eigenvalue weighted by atomic mass is 10.1. The highest BCUT2D eigenvalue weighted by molar-refractivity contribution is 6.30. The van der Waals surface area contributed by atoms with E-state index in [9.17, 15) is 0 Å². The molecule has 0 aliphatic rings. The maximum absolute atomic E-state index is 5.10. The molecule has 0 spiro atoms. The van der Waals surface area contributed by atoms with Crippen molar-refractivity contribution in [1.82, 2.24) is 0 Å². The number of hydrogen-bond acceptors (Lipinski definition) is 3. The van der Waals surface area contributed by atoms with Crippen LogP contribution < -0.4 is 5.84 Å². The molecular weight excluding hydrogens is 126 g/mol. The lowest BCUT2D eigenvalue weighted by molar-refractivity contribution is 0.686. The number of hydrogen-bond donors (Lipinski definition) is 1. The van der Waals surface area contributed by atoms with Crippen LogP contribution in [0.2, 0.25) is 0 Å². The fraction of sp³-hybridized carbons (Fsp3) is 0.714. The van der Waals surface area contributed by atoms with E-state index in [0.717, 1.165) is 12.1 Å². The summed E-state index contributed by atoms with van der Waals surface area (Å²) in [5.74, 6) is 5.69. The molecule has 58 valence electrons. The molecule has 0 amide bonds. The van der Waals surface area contributed by atoms with Crippen molar-refractivity contribution in [1.29, 1.82) is 0 Å². The van der Waals surface area contributed by atoms with E-state index in [2.05, 4.69) is 23.9 Å². The summed E-state index contributed by atoms with van der Waals surface area (Å²) in [7, 11) is 1.71. The molecule has 0 radical (unpaired) electrons. The maximum atomic E-state index is 5.10. The average Bonchev–Trinajstić information content (AvgIpc) is 1.86. The molecule has 0 saturated carbocycles. The molecule has 0 unspecified atom stereocenters. The first-order chi connectivity index (χ1) is 4.70. The van der Waals surface area contributed by atoms with E-state index in [0.29, 0.717) is 5.92 Å². The molecule has 0 saturated heterocycles. The van der Waals surface area contributed by atoms with Crippen molar-refractivity contribution in [3.8, 4) is 0 Å². The van der Waals surface area contributed by atoms with Crippen molar-refractivity contribution >= 4 is 11.9 Å². The van der Waals surface area contributed by atoms with Gasteiger partial charge < -0.3 is 5.84 Å². The fourth-order valence-corrected chi connectivity index (χ4v) is 0.706. The monoisotopic (exact) mass is 141 g/mol. The first-order valence-corrected chi connectivity index (χ1v) is 3.39. The van der Waals surface area contributed by atoms with Gasteiger partial charge in [0.15, 0.2) is 0 Å². The van der Waals surface area contributed by atoms with Crippen LogP contribution in [0.3, 0.4) is 0 Å². The van der Waals surface area contributed by atoms with Crippen LogP contribution in [0.5, 0.6) is 0 Å². The molecule has 10 heavy (non-hydrogen) atoms. The molecule has 0 aromatic rings. The van der Waals surface area contributed by atoms with Crippen molar-refractivity contribution in [2.75, 3.05) is 7.05 Å². The predicted octanol–water partition coefficient (Wildman–Crippen LogP) is 1.05. The smallest absolute Gasteiger partial charge is 0.0780 e. The quantitative estimate of drug-likeness (QED) is 0.356. The third-order valence-corrected chi connectivity index (χ3v) is 1.06. The van der Waals surface area contributed by atoms with Crippen molar-refractivity contribution in [3.05, 3.63) is 0 Å². The van der Waals surface area contributed by atoms with Gasteiger partial charge in [0.1, 0.15) is 0 Å². The minimum Gasteiger partial charge on any atom is -0.323 e. The zero-order chi connectivity index (χ0) is 7.98. The van der Waals surface area contributed by atoms with Gasteiger partial charge in [-0.15, -0.1) is 0 Å². The lowest BCUT2D eigenvalue weighted by Crippen LogP contribution is -2.07. The summed E-state index contributed by atoms with van der Waals surface area (Å²) < 4.78 is 0. The Morgan fingerprint density at radius 1 is 1.60 bits per heavy atom. The standard InChI is InChI=1S/C7H15N3/c1-6(2)4-7(10-8)5-9-3/h5-6H,4,8H2,1-3H3. The molecule has 0 aromatic carbocycles. The van der Waals surface area contributed by atoms with Gasteiger partial charge in [-0.25, -0.2) is 0 Å². The van der Waals surface area contributed by atoms with Crippen LogP contribution in [0.1, 0.15) is 20.3 Å². The number of nitrogens with zero attached hydrogens (tertiary/aromatic N) is 2. The Morgan fingerprint density at radius 2 is 2.20 bits per heavy atom. The van der Waals surface area contributed by atoms with Gasteiger partial charge >= 0.3 is 0 Å². The van der Waals surface area contributed by atoms with E-state index in [1.165, 1.54) is 0 Å². The summed E-state index contributed by atoms with van der Waals surface area (Å²) in [5.41, 5.74) is 0.859. The SMILES string of the molecule is CN=CC(CC(C)C)=NN. The van der Waals surface area contributed by atoms with Gasteiger partial charge in [-0.1, -0.05) is 13.8 Å². The molecule has 0 heterocycles. The number of nitrogens with two attached hydrogens (primary N) is 1. The third-order valence-electron chi connectivity index (χ3n) is 1.06. The van der Waals surface area contributed by atoms with Gasteiger partial charge in [0.05, 0.1) is 5.71 Å². The Balaban J connectivity index is 3.86. The molecular formula is C7H15N3. The molecule has 3 nitrogen and oxygen atoms in total. The zero-order valence-electron chi connectivity index (χ0n) is 6.83. The molecule has 0 aromatic heterocycles. The Labute approximate surface area is 62.0 Å². The highest BCUT2D eigenvalue weighted by Crippen LogP contribution is 1.99. The second kappa shape index (κ2) is 4.97. The van der Waals surface area contributed by atoms with Crippen LogP contribution in [0.25, 0.3) is 0 Å². The van der Waals surface area contributed by atoms with Crippen molar-refractivity contribution in [2.24, 2.45) is 21.9 Å². The van der Waals surface area contributed by atoms with Crippen LogP contribution in [0, 0.1) is 5.92 Å². The van der Waals surface area contributed by atoms with E-state index in [-0.39, 0.29) is 0 Å². The lowest BCUT2D eigenvalue weighted by Gasteiger charge is -2.01.